The number of ether oxygens (including phenoxy) is 2. The van der Waals surface area contributed by atoms with E-state index in [1.807, 2.05) is 66.7 Å². The van der Waals surface area contributed by atoms with Gasteiger partial charge in [-0.15, -0.1) is 0 Å². The Morgan fingerprint density at radius 3 is 2.11 bits per heavy atom. The van der Waals surface area contributed by atoms with E-state index in [2.05, 4.69) is 34.3 Å². The average Bonchev–Trinajstić information content (AvgIpc) is 3.30. The second kappa shape index (κ2) is 12.9. The fraction of sp³-hybridized carbons (Fsp3) is 0.241. The maximum Gasteiger partial charge on any atom is 0.319 e. The number of amides is 2. The Morgan fingerprint density at radius 1 is 0.892 bits per heavy atom. The van der Waals surface area contributed by atoms with E-state index in [0.29, 0.717) is 12.3 Å². The van der Waals surface area contributed by atoms with Crippen molar-refractivity contribution in [2.24, 2.45) is 0 Å². The van der Waals surface area contributed by atoms with Crippen LogP contribution in [0.1, 0.15) is 13.3 Å². The number of hydrogen-bond acceptors (Lipinski definition) is 5. The number of methoxy groups -OCH3 is 2. The minimum absolute atomic E-state index is 0.221. The summed E-state index contributed by atoms with van der Waals surface area (Å²) in [6.07, 6.45) is 0.965. The first-order valence-corrected chi connectivity index (χ1v) is 13.2. The van der Waals surface area contributed by atoms with Gasteiger partial charge in [0, 0.05) is 35.7 Å². The van der Waals surface area contributed by atoms with E-state index in [0.717, 1.165) is 57.8 Å². The lowest BCUT2D eigenvalue weighted by Gasteiger charge is -2.13. The van der Waals surface area contributed by atoms with Crippen molar-refractivity contribution in [1.29, 1.82) is 0 Å². The number of anilines is 1. The summed E-state index contributed by atoms with van der Waals surface area (Å²) >= 11 is 1.63. The zero-order valence-corrected chi connectivity index (χ0v) is 22.2. The Kier molecular flexibility index (Phi) is 9.10. The van der Waals surface area contributed by atoms with Gasteiger partial charge >= 0.3 is 6.03 Å². The van der Waals surface area contributed by atoms with E-state index in [4.69, 9.17) is 14.5 Å². The molecule has 0 bridgehead atoms. The predicted octanol–water partition coefficient (Wildman–Crippen LogP) is 6.56. The van der Waals surface area contributed by atoms with Crippen LogP contribution >= 0.6 is 11.8 Å². The van der Waals surface area contributed by atoms with Crippen LogP contribution in [0, 0.1) is 0 Å². The molecule has 0 fully saturated rings. The van der Waals surface area contributed by atoms with Crippen LogP contribution in [-0.2, 0) is 6.54 Å². The van der Waals surface area contributed by atoms with Crippen LogP contribution < -0.4 is 20.1 Å². The van der Waals surface area contributed by atoms with Crippen LogP contribution in [0.3, 0.4) is 0 Å². The quantitative estimate of drug-likeness (QED) is 0.174. The first kappa shape index (κ1) is 26.2. The molecule has 0 saturated carbocycles. The number of imidazole rings is 1. The van der Waals surface area contributed by atoms with Crippen molar-refractivity contribution in [2.75, 3.05) is 31.8 Å². The SMILES string of the molecule is CCCn1c(SCCNC(=O)Nc2ccccc2)nc(-c2ccc(OC)cc2)c1-c1ccc(OC)cc1. The molecule has 0 aliphatic heterocycles. The van der Waals surface area contributed by atoms with E-state index in [1.54, 1.807) is 26.0 Å². The van der Waals surface area contributed by atoms with E-state index in [1.165, 1.54) is 0 Å². The molecule has 0 atom stereocenters. The topological polar surface area (TPSA) is 77.4 Å². The molecule has 0 aliphatic rings. The first-order chi connectivity index (χ1) is 18.1. The predicted molar refractivity (Wildman–Crippen MR) is 151 cm³/mol. The summed E-state index contributed by atoms with van der Waals surface area (Å²) < 4.78 is 13.0. The number of rotatable bonds is 11. The molecule has 7 nitrogen and oxygen atoms in total. The third-order valence-corrected chi connectivity index (χ3v) is 6.74. The van der Waals surface area contributed by atoms with Crippen molar-refractivity contribution < 1.29 is 14.3 Å². The monoisotopic (exact) mass is 516 g/mol. The Morgan fingerprint density at radius 2 is 1.51 bits per heavy atom. The number of thioether (sulfide) groups is 1. The van der Waals surface area contributed by atoms with E-state index < -0.39 is 0 Å². The minimum atomic E-state index is -0.221. The molecule has 37 heavy (non-hydrogen) atoms. The maximum atomic E-state index is 12.3. The van der Waals surface area contributed by atoms with Crippen LogP contribution in [0.2, 0.25) is 0 Å². The Hall–Kier alpha value is -3.91. The first-order valence-electron chi connectivity index (χ1n) is 12.2. The van der Waals surface area contributed by atoms with Crippen LogP contribution in [0.15, 0.2) is 84.0 Å². The van der Waals surface area contributed by atoms with Crippen molar-refractivity contribution in [2.45, 2.75) is 25.0 Å². The van der Waals surface area contributed by atoms with Gasteiger partial charge in [0.25, 0.3) is 0 Å². The highest BCUT2D eigenvalue weighted by Gasteiger charge is 2.20. The number of benzene rings is 3. The zero-order chi connectivity index (χ0) is 26.0. The molecule has 8 heteroatoms. The summed E-state index contributed by atoms with van der Waals surface area (Å²) in [6.45, 7) is 3.50. The number of carbonyl (C=O) groups is 1. The minimum Gasteiger partial charge on any atom is -0.497 e. The van der Waals surface area contributed by atoms with Crippen molar-refractivity contribution in [1.82, 2.24) is 14.9 Å². The molecule has 192 valence electrons. The highest BCUT2D eigenvalue weighted by Crippen LogP contribution is 2.37. The second-order valence-electron chi connectivity index (χ2n) is 8.30. The number of nitrogens with zero attached hydrogens (tertiary/aromatic N) is 2. The Labute approximate surface area is 222 Å². The molecular formula is C29H32N4O3S. The average molecular weight is 517 g/mol. The van der Waals surface area contributed by atoms with Gasteiger partial charge in [-0.1, -0.05) is 36.9 Å². The van der Waals surface area contributed by atoms with Gasteiger partial charge < -0.3 is 24.7 Å². The lowest BCUT2D eigenvalue weighted by Crippen LogP contribution is -2.30. The third kappa shape index (κ3) is 6.65. The van der Waals surface area contributed by atoms with Crippen LogP contribution in [0.5, 0.6) is 11.5 Å². The van der Waals surface area contributed by atoms with Crippen molar-refractivity contribution in [3.63, 3.8) is 0 Å². The molecule has 2 amide bonds. The highest BCUT2D eigenvalue weighted by atomic mass is 32.2. The molecule has 0 saturated heterocycles. The molecule has 4 aromatic rings. The summed E-state index contributed by atoms with van der Waals surface area (Å²) in [4.78, 5) is 17.3. The van der Waals surface area contributed by atoms with E-state index in [9.17, 15) is 4.79 Å². The van der Waals surface area contributed by atoms with Gasteiger partial charge in [-0.05, 0) is 67.1 Å². The van der Waals surface area contributed by atoms with Gasteiger partial charge in [0.2, 0.25) is 0 Å². The van der Waals surface area contributed by atoms with Crippen molar-refractivity contribution in [3.05, 3.63) is 78.9 Å². The molecule has 1 aromatic heterocycles. The molecule has 4 rings (SSSR count). The number of aromatic nitrogens is 2. The van der Waals surface area contributed by atoms with Gasteiger partial charge in [0.15, 0.2) is 5.16 Å². The highest BCUT2D eigenvalue weighted by molar-refractivity contribution is 7.99. The van der Waals surface area contributed by atoms with Crippen LogP contribution in [-0.4, -0.2) is 42.1 Å². The Bertz CT molecular complexity index is 1290. The number of carbonyl (C=O) groups excluding carboxylic acids is 1. The summed E-state index contributed by atoms with van der Waals surface area (Å²) in [5.74, 6) is 2.30. The molecule has 3 aromatic carbocycles. The summed E-state index contributed by atoms with van der Waals surface area (Å²) in [5.41, 5.74) is 4.83. The van der Waals surface area contributed by atoms with E-state index in [-0.39, 0.29) is 6.03 Å². The normalized spacial score (nSPS) is 10.7. The van der Waals surface area contributed by atoms with Gasteiger partial charge in [0.1, 0.15) is 11.5 Å². The molecule has 0 spiro atoms. The van der Waals surface area contributed by atoms with Crippen molar-refractivity contribution in [3.8, 4) is 34.0 Å². The lowest BCUT2D eigenvalue weighted by atomic mass is 10.0. The summed E-state index contributed by atoms with van der Waals surface area (Å²) in [6, 6.07) is 25.2. The largest absolute Gasteiger partial charge is 0.497 e. The molecule has 0 aliphatic carbocycles. The number of hydrogen-bond donors (Lipinski definition) is 2. The smallest absolute Gasteiger partial charge is 0.319 e. The maximum absolute atomic E-state index is 12.3. The number of nitrogens with one attached hydrogen (secondary N) is 2. The fourth-order valence-corrected chi connectivity index (χ4v) is 4.85. The zero-order valence-electron chi connectivity index (χ0n) is 21.4. The third-order valence-electron chi connectivity index (χ3n) is 5.76. The lowest BCUT2D eigenvalue weighted by molar-refractivity contribution is 0.252. The fourth-order valence-electron chi connectivity index (χ4n) is 3.97. The van der Waals surface area contributed by atoms with Gasteiger partial charge in [0.05, 0.1) is 25.6 Å². The summed E-state index contributed by atoms with van der Waals surface area (Å²) in [7, 11) is 3.33. The number of urea groups is 1. The van der Waals surface area contributed by atoms with Gasteiger partial charge in [-0.25, -0.2) is 9.78 Å². The van der Waals surface area contributed by atoms with E-state index >= 15 is 0 Å². The molecule has 1 heterocycles. The van der Waals surface area contributed by atoms with Crippen LogP contribution in [0.25, 0.3) is 22.5 Å². The van der Waals surface area contributed by atoms with Crippen molar-refractivity contribution >= 4 is 23.5 Å². The van der Waals surface area contributed by atoms with Gasteiger partial charge in [-0.3, -0.25) is 0 Å². The molecule has 0 radical (unpaired) electrons. The molecule has 0 unspecified atom stereocenters. The van der Waals surface area contributed by atoms with Crippen LogP contribution in [0.4, 0.5) is 10.5 Å². The van der Waals surface area contributed by atoms with Gasteiger partial charge in [-0.2, -0.15) is 0 Å². The molecule has 2 N–H and O–H groups in total. The Balaban J connectivity index is 1.57. The molecular weight excluding hydrogens is 484 g/mol. The summed E-state index contributed by atoms with van der Waals surface area (Å²) in [5, 5.41) is 6.69. The standard InChI is InChI=1S/C29H32N4O3S/c1-4-19-33-27(22-12-16-25(36-3)17-13-22)26(21-10-14-24(35-2)15-11-21)32-29(33)37-20-18-30-28(34)31-23-8-6-5-7-9-23/h5-17H,4,18-20H2,1-3H3,(H2,30,31,34). The second-order valence-corrected chi connectivity index (χ2v) is 9.36. The number of para-hydroxylation sites is 1.